The van der Waals surface area contributed by atoms with Crippen molar-refractivity contribution < 1.29 is 4.79 Å². The zero-order valence-corrected chi connectivity index (χ0v) is 9.39. The minimum absolute atomic E-state index is 0.0888. The molecule has 4 heteroatoms. The van der Waals surface area contributed by atoms with Crippen molar-refractivity contribution in [2.24, 2.45) is 0 Å². The first-order valence-corrected chi connectivity index (χ1v) is 5.72. The van der Waals surface area contributed by atoms with E-state index in [4.69, 9.17) is 0 Å². The van der Waals surface area contributed by atoms with Crippen molar-refractivity contribution in [3.63, 3.8) is 0 Å². The number of fused-ring (bicyclic) bond motifs is 1. The summed E-state index contributed by atoms with van der Waals surface area (Å²) in [6, 6.07) is 5.65. The predicted molar refractivity (Wildman–Crippen MR) is 65.8 cm³/mol. The average molecular weight is 227 g/mol. The SMILES string of the molecule is O=C(c1ccc2cn[nH]c2c1)N1CC=CCC1. The second-order valence-electron chi connectivity index (χ2n) is 4.18. The summed E-state index contributed by atoms with van der Waals surface area (Å²) in [6.45, 7) is 1.51. The molecule has 0 bridgehead atoms. The molecule has 17 heavy (non-hydrogen) atoms. The molecule has 1 aliphatic heterocycles. The van der Waals surface area contributed by atoms with Gasteiger partial charge in [0.2, 0.25) is 0 Å². The van der Waals surface area contributed by atoms with Crippen LogP contribution in [0.4, 0.5) is 0 Å². The van der Waals surface area contributed by atoms with Crippen LogP contribution in [0, 0.1) is 0 Å². The van der Waals surface area contributed by atoms with E-state index < -0.39 is 0 Å². The van der Waals surface area contributed by atoms with E-state index >= 15 is 0 Å². The number of carbonyl (C=O) groups excluding carboxylic acids is 1. The molecule has 4 nitrogen and oxygen atoms in total. The molecule has 1 aromatic carbocycles. The molecule has 0 atom stereocenters. The van der Waals surface area contributed by atoms with Crippen LogP contribution >= 0.6 is 0 Å². The molecule has 86 valence electrons. The van der Waals surface area contributed by atoms with Crippen LogP contribution in [-0.4, -0.2) is 34.1 Å². The summed E-state index contributed by atoms with van der Waals surface area (Å²) in [5.74, 6) is 0.0888. The number of rotatable bonds is 1. The highest BCUT2D eigenvalue weighted by Crippen LogP contribution is 2.15. The van der Waals surface area contributed by atoms with Gasteiger partial charge < -0.3 is 4.90 Å². The van der Waals surface area contributed by atoms with Gasteiger partial charge in [-0.05, 0) is 18.6 Å². The Balaban J connectivity index is 1.91. The molecule has 0 radical (unpaired) electrons. The summed E-state index contributed by atoms with van der Waals surface area (Å²) in [5, 5.41) is 7.86. The van der Waals surface area contributed by atoms with Crippen molar-refractivity contribution in [2.75, 3.05) is 13.1 Å². The van der Waals surface area contributed by atoms with Crippen LogP contribution < -0.4 is 0 Å². The first-order valence-electron chi connectivity index (χ1n) is 5.72. The molecular formula is C13H13N3O. The van der Waals surface area contributed by atoms with Crippen molar-refractivity contribution in [1.82, 2.24) is 15.1 Å². The molecule has 2 heterocycles. The van der Waals surface area contributed by atoms with Gasteiger partial charge in [0.1, 0.15) is 0 Å². The second kappa shape index (κ2) is 4.05. The van der Waals surface area contributed by atoms with Crippen LogP contribution in [0.1, 0.15) is 16.8 Å². The van der Waals surface area contributed by atoms with E-state index in [1.54, 1.807) is 6.20 Å². The number of nitrogens with one attached hydrogen (secondary N) is 1. The Morgan fingerprint density at radius 3 is 3.12 bits per heavy atom. The first kappa shape index (κ1) is 10.1. The van der Waals surface area contributed by atoms with Crippen LogP contribution in [0.2, 0.25) is 0 Å². The zero-order valence-electron chi connectivity index (χ0n) is 9.39. The summed E-state index contributed by atoms with van der Waals surface area (Å²) in [4.78, 5) is 14.1. The highest BCUT2D eigenvalue weighted by molar-refractivity contribution is 5.97. The van der Waals surface area contributed by atoms with Crippen molar-refractivity contribution in [2.45, 2.75) is 6.42 Å². The topological polar surface area (TPSA) is 49.0 Å². The maximum atomic E-state index is 12.2. The smallest absolute Gasteiger partial charge is 0.254 e. The molecule has 0 aliphatic carbocycles. The summed E-state index contributed by atoms with van der Waals surface area (Å²) >= 11 is 0. The Morgan fingerprint density at radius 2 is 2.29 bits per heavy atom. The van der Waals surface area contributed by atoms with Crippen LogP contribution in [0.5, 0.6) is 0 Å². The highest BCUT2D eigenvalue weighted by atomic mass is 16.2. The van der Waals surface area contributed by atoms with Crippen LogP contribution in [0.15, 0.2) is 36.5 Å². The molecule has 0 unspecified atom stereocenters. The normalized spacial score (nSPS) is 15.4. The minimum atomic E-state index is 0.0888. The molecule has 0 saturated carbocycles. The number of aromatic amines is 1. The fourth-order valence-corrected chi connectivity index (χ4v) is 2.08. The summed E-state index contributed by atoms with van der Waals surface area (Å²) < 4.78 is 0. The number of amides is 1. The highest BCUT2D eigenvalue weighted by Gasteiger charge is 2.16. The van der Waals surface area contributed by atoms with Crippen molar-refractivity contribution >= 4 is 16.8 Å². The van der Waals surface area contributed by atoms with E-state index in [9.17, 15) is 4.79 Å². The Bertz CT molecular complexity index is 585. The van der Waals surface area contributed by atoms with Gasteiger partial charge >= 0.3 is 0 Å². The van der Waals surface area contributed by atoms with Crippen molar-refractivity contribution in [3.8, 4) is 0 Å². The Hall–Kier alpha value is -2.10. The number of nitrogens with zero attached hydrogens (tertiary/aromatic N) is 2. The van der Waals surface area contributed by atoms with E-state index in [0.717, 1.165) is 29.4 Å². The van der Waals surface area contributed by atoms with Gasteiger partial charge in [-0.1, -0.05) is 18.2 Å². The number of carbonyl (C=O) groups is 1. The van der Waals surface area contributed by atoms with E-state index in [1.165, 1.54) is 0 Å². The zero-order chi connectivity index (χ0) is 11.7. The summed E-state index contributed by atoms with van der Waals surface area (Å²) in [5.41, 5.74) is 1.63. The standard InChI is InChI=1S/C13H13N3O/c17-13(16-6-2-1-3-7-16)10-4-5-11-9-14-15-12(11)8-10/h1-2,4-5,8-9H,3,6-7H2,(H,14,15). The summed E-state index contributed by atoms with van der Waals surface area (Å²) in [6.07, 6.45) is 6.85. The quantitative estimate of drug-likeness (QED) is 0.757. The number of H-pyrrole nitrogens is 1. The van der Waals surface area contributed by atoms with E-state index in [2.05, 4.69) is 16.3 Å². The largest absolute Gasteiger partial charge is 0.335 e. The Labute approximate surface area is 98.9 Å². The lowest BCUT2D eigenvalue weighted by Crippen LogP contribution is -2.33. The molecule has 0 saturated heterocycles. The van der Waals surface area contributed by atoms with Crippen LogP contribution in [-0.2, 0) is 0 Å². The lowest BCUT2D eigenvalue weighted by molar-refractivity contribution is 0.0771. The van der Waals surface area contributed by atoms with Gasteiger partial charge in [0.05, 0.1) is 11.7 Å². The third-order valence-electron chi connectivity index (χ3n) is 3.03. The molecule has 2 aromatic rings. The second-order valence-corrected chi connectivity index (χ2v) is 4.18. The van der Waals surface area contributed by atoms with E-state index in [0.29, 0.717) is 6.54 Å². The number of aromatic nitrogens is 2. The van der Waals surface area contributed by atoms with Gasteiger partial charge in [-0.3, -0.25) is 9.89 Å². The molecule has 0 spiro atoms. The van der Waals surface area contributed by atoms with Gasteiger partial charge in [0.25, 0.3) is 5.91 Å². The minimum Gasteiger partial charge on any atom is -0.335 e. The molecular weight excluding hydrogens is 214 g/mol. The summed E-state index contributed by atoms with van der Waals surface area (Å²) in [7, 11) is 0. The van der Waals surface area contributed by atoms with Crippen LogP contribution in [0.3, 0.4) is 0 Å². The van der Waals surface area contributed by atoms with Gasteiger partial charge in [-0.2, -0.15) is 5.10 Å². The maximum absolute atomic E-state index is 12.2. The first-order chi connectivity index (χ1) is 8.34. The third-order valence-corrected chi connectivity index (χ3v) is 3.03. The molecule has 1 aromatic heterocycles. The van der Waals surface area contributed by atoms with Gasteiger partial charge in [0.15, 0.2) is 0 Å². The average Bonchev–Trinajstić information content (AvgIpc) is 2.86. The Kier molecular flexibility index (Phi) is 2.40. The monoisotopic (exact) mass is 227 g/mol. The van der Waals surface area contributed by atoms with Gasteiger partial charge in [-0.15, -0.1) is 0 Å². The van der Waals surface area contributed by atoms with Crippen LogP contribution in [0.25, 0.3) is 10.9 Å². The lowest BCUT2D eigenvalue weighted by atomic mass is 10.1. The molecule has 1 aliphatic rings. The van der Waals surface area contributed by atoms with Crippen molar-refractivity contribution in [1.29, 1.82) is 0 Å². The fraction of sp³-hybridized carbons (Fsp3) is 0.231. The lowest BCUT2D eigenvalue weighted by Gasteiger charge is -2.23. The third kappa shape index (κ3) is 1.82. The predicted octanol–water partition coefficient (Wildman–Crippen LogP) is 1.97. The van der Waals surface area contributed by atoms with E-state index in [-0.39, 0.29) is 5.91 Å². The maximum Gasteiger partial charge on any atom is 0.254 e. The van der Waals surface area contributed by atoms with Gasteiger partial charge in [0, 0.05) is 24.0 Å². The van der Waals surface area contributed by atoms with Crippen molar-refractivity contribution in [3.05, 3.63) is 42.1 Å². The van der Waals surface area contributed by atoms with E-state index in [1.807, 2.05) is 29.2 Å². The number of hydrogen-bond acceptors (Lipinski definition) is 2. The molecule has 3 rings (SSSR count). The number of hydrogen-bond donors (Lipinski definition) is 1. The molecule has 1 amide bonds. The number of benzene rings is 1. The fourth-order valence-electron chi connectivity index (χ4n) is 2.08. The van der Waals surface area contributed by atoms with Gasteiger partial charge in [-0.25, -0.2) is 0 Å². The molecule has 0 fully saturated rings. The molecule has 1 N–H and O–H groups in total. The Morgan fingerprint density at radius 1 is 1.35 bits per heavy atom.